The van der Waals surface area contributed by atoms with E-state index < -0.39 is 0 Å². The highest BCUT2D eigenvalue weighted by molar-refractivity contribution is 9.10. The Kier molecular flexibility index (Phi) is 5.82. The van der Waals surface area contributed by atoms with Crippen LogP contribution in [0.1, 0.15) is 12.0 Å². The number of morpholine rings is 1. The fourth-order valence-electron chi connectivity index (χ4n) is 2.00. The van der Waals surface area contributed by atoms with E-state index in [1.165, 1.54) is 0 Å². The average molecular weight is 327 g/mol. The normalized spacial score (nSPS) is 17.1. The van der Waals surface area contributed by atoms with Gasteiger partial charge < -0.3 is 9.84 Å². The van der Waals surface area contributed by atoms with E-state index in [1.807, 2.05) is 12.1 Å². The Morgan fingerprint density at radius 3 is 2.89 bits per heavy atom. The van der Waals surface area contributed by atoms with Gasteiger partial charge in [-0.15, -0.1) is 0 Å². The summed E-state index contributed by atoms with van der Waals surface area (Å²) in [4.78, 5) is 6.76. The number of phenolic OH excluding ortho intramolecular Hbond substituents is 1. The molecule has 1 aliphatic rings. The lowest BCUT2D eigenvalue weighted by Crippen LogP contribution is -2.37. The molecule has 0 aliphatic carbocycles. The second-order valence-electron chi connectivity index (χ2n) is 4.55. The molecular formula is C14H19BrN2O2. The molecule has 0 unspecified atom stereocenters. The quantitative estimate of drug-likeness (QED) is 0.667. The van der Waals surface area contributed by atoms with Crippen molar-refractivity contribution < 1.29 is 9.84 Å². The third-order valence-electron chi connectivity index (χ3n) is 3.09. The summed E-state index contributed by atoms with van der Waals surface area (Å²) in [6.07, 6.45) is 2.77. The Labute approximate surface area is 122 Å². The van der Waals surface area contributed by atoms with Gasteiger partial charge in [0.05, 0.1) is 13.2 Å². The molecule has 0 spiro atoms. The first-order chi connectivity index (χ1) is 9.25. The molecule has 0 amide bonds. The molecule has 0 bridgehead atoms. The molecule has 1 aromatic carbocycles. The maximum Gasteiger partial charge on any atom is 0.125 e. The second kappa shape index (κ2) is 7.62. The van der Waals surface area contributed by atoms with Gasteiger partial charge in [0, 0.05) is 42.4 Å². The minimum Gasteiger partial charge on any atom is -0.507 e. The van der Waals surface area contributed by atoms with Crippen molar-refractivity contribution in [2.45, 2.75) is 6.42 Å². The van der Waals surface area contributed by atoms with Crippen molar-refractivity contribution in [3.05, 3.63) is 28.2 Å². The van der Waals surface area contributed by atoms with E-state index in [1.54, 1.807) is 12.3 Å². The molecule has 0 atom stereocenters. The molecule has 4 nitrogen and oxygen atoms in total. The molecular weight excluding hydrogens is 308 g/mol. The van der Waals surface area contributed by atoms with Gasteiger partial charge in [-0.3, -0.25) is 9.89 Å². The van der Waals surface area contributed by atoms with Gasteiger partial charge >= 0.3 is 0 Å². The summed E-state index contributed by atoms with van der Waals surface area (Å²) in [6.45, 7) is 5.58. The van der Waals surface area contributed by atoms with E-state index >= 15 is 0 Å². The van der Waals surface area contributed by atoms with Crippen LogP contribution in [0.4, 0.5) is 0 Å². The van der Waals surface area contributed by atoms with Crippen molar-refractivity contribution in [3.8, 4) is 5.75 Å². The number of aliphatic imine (C=N–C) groups is 1. The fraction of sp³-hybridized carbons (Fsp3) is 0.500. The van der Waals surface area contributed by atoms with E-state index in [0.717, 1.165) is 55.8 Å². The molecule has 0 aromatic heterocycles. The molecule has 5 heteroatoms. The zero-order valence-corrected chi connectivity index (χ0v) is 12.5. The predicted molar refractivity (Wildman–Crippen MR) is 80.1 cm³/mol. The lowest BCUT2D eigenvalue weighted by molar-refractivity contribution is 0.0377. The van der Waals surface area contributed by atoms with Crippen LogP contribution in [0, 0.1) is 0 Å². The lowest BCUT2D eigenvalue weighted by Gasteiger charge is -2.26. The number of aromatic hydroxyl groups is 1. The van der Waals surface area contributed by atoms with Crippen molar-refractivity contribution in [1.82, 2.24) is 4.90 Å². The van der Waals surface area contributed by atoms with E-state index in [2.05, 4.69) is 25.8 Å². The SMILES string of the molecule is Oc1cc(Br)ccc1C=NCCCN1CCOCC1. The summed E-state index contributed by atoms with van der Waals surface area (Å²) in [7, 11) is 0. The first kappa shape index (κ1) is 14.5. The molecule has 1 aromatic rings. The van der Waals surface area contributed by atoms with E-state index in [-0.39, 0.29) is 5.75 Å². The molecule has 1 aliphatic heterocycles. The van der Waals surface area contributed by atoms with Crippen molar-refractivity contribution in [1.29, 1.82) is 0 Å². The lowest BCUT2D eigenvalue weighted by atomic mass is 10.2. The zero-order valence-electron chi connectivity index (χ0n) is 10.9. The number of ether oxygens (including phenoxy) is 1. The highest BCUT2D eigenvalue weighted by Crippen LogP contribution is 2.20. The highest BCUT2D eigenvalue weighted by Gasteiger charge is 2.08. The third-order valence-corrected chi connectivity index (χ3v) is 3.58. The van der Waals surface area contributed by atoms with Crippen LogP contribution < -0.4 is 0 Å². The Hall–Kier alpha value is -0.910. The fourth-order valence-corrected chi connectivity index (χ4v) is 2.35. The topological polar surface area (TPSA) is 45.1 Å². The van der Waals surface area contributed by atoms with E-state index in [9.17, 15) is 5.11 Å². The summed E-state index contributed by atoms with van der Waals surface area (Å²) in [5, 5.41) is 9.71. The van der Waals surface area contributed by atoms with Crippen molar-refractivity contribution >= 4 is 22.1 Å². The van der Waals surface area contributed by atoms with Crippen LogP contribution >= 0.6 is 15.9 Å². The van der Waals surface area contributed by atoms with Gasteiger partial charge in [0.1, 0.15) is 5.75 Å². The maximum atomic E-state index is 9.71. The Morgan fingerprint density at radius 1 is 1.37 bits per heavy atom. The average Bonchev–Trinajstić information content (AvgIpc) is 2.42. The van der Waals surface area contributed by atoms with Crippen LogP contribution in [-0.4, -0.2) is 55.6 Å². The van der Waals surface area contributed by atoms with E-state index in [0.29, 0.717) is 0 Å². The Morgan fingerprint density at radius 2 is 2.16 bits per heavy atom. The minimum atomic E-state index is 0.256. The second-order valence-corrected chi connectivity index (χ2v) is 5.46. The number of benzene rings is 1. The number of hydrogen-bond acceptors (Lipinski definition) is 4. The van der Waals surface area contributed by atoms with Crippen LogP contribution in [0.2, 0.25) is 0 Å². The zero-order chi connectivity index (χ0) is 13.5. The summed E-state index contributed by atoms with van der Waals surface area (Å²) >= 11 is 3.31. The summed E-state index contributed by atoms with van der Waals surface area (Å²) in [5.41, 5.74) is 0.759. The molecule has 1 saturated heterocycles. The smallest absolute Gasteiger partial charge is 0.125 e. The highest BCUT2D eigenvalue weighted by atomic mass is 79.9. The predicted octanol–water partition coefficient (Wildman–Crippen LogP) is 2.30. The van der Waals surface area contributed by atoms with Gasteiger partial charge in [-0.1, -0.05) is 15.9 Å². The standard InChI is InChI=1S/C14H19BrN2O2/c15-13-3-2-12(14(18)10-13)11-16-4-1-5-17-6-8-19-9-7-17/h2-3,10-11,18H,1,4-9H2. The number of nitrogens with zero attached hydrogens (tertiary/aromatic N) is 2. The van der Waals surface area contributed by atoms with Crippen molar-refractivity contribution in [2.24, 2.45) is 4.99 Å². The van der Waals surface area contributed by atoms with Crippen molar-refractivity contribution in [3.63, 3.8) is 0 Å². The van der Waals surface area contributed by atoms with Gasteiger partial charge in [0.15, 0.2) is 0 Å². The van der Waals surface area contributed by atoms with Crippen LogP contribution in [-0.2, 0) is 4.74 Å². The van der Waals surface area contributed by atoms with Crippen LogP contribution in [0.15, 0.2) is 27.7 Å². The van der Waals surface area contributed by atoms with E-state index in [4.69, 9.17) is 4.74 Å². The summed E-state index contributed by atoms with van der Waals surface area (Å²) < 4.78 is 6.17. The number of rotatable bonds is 5. The van der Waals surface area contributed by atoms with Crippen LogP contribution in [0.25, 0.3) is 0 Å². The molecule has 19 heavy (non-hydrogen) atoms. The molecule has 2 rings (SSSR count). The number of halogens is 1. The molecule has 1 heterocycles. The molecule has 104 valence electrons. The van der Waals surface area contributed by atoms with Gasteiger partial charge in [-0.05, 0) is 24.6 Å². The van der Waals surface area contributed by atoms with Crippen LogP contribution in [0.5, 0.6) is 5.75 Å². The van der Waals surface area contributed by atoms with Crippen LogP contribution in [0.3, 0.4) is 0 Å². The third kappa shape index (κ3) is 4.93. The molecule has 1 N–H and O–H groups in total. The summed E-state index contributed by atoms with van der Waals surface area (Å²) in [5.74, 6) is 0.256. The first-order valence-corrected chi connectivity index (χ1v) is 7.33. The molecule has 1 fully saturated rings. The Bertz CT molecular complexity index is 431. The Balaban J connectivity index is 1.71. The summed E-state index contributed by atoms with van der Waals surface area (Å²) in [6, 6.07) is 5.43. The number of hydrogen-bond donors (Lipinski definition) is 1. The van der Waals surface area contributed by atoms with Gasteiger partial charge in [0.2, 0.25) is 0 Å². The van der Waals surface area contributed by atoms with Gasteiger partial charge in [-0.25, -0.2) is 0 Å². The molecule has 0 radical (unpaired) electrons. The maximum absolute atomic E-state index is 9.71. The monoisotopic (exact) mass is 326 g/mol. The largest absolute Gasteiger partial charge is 0.507 e. The van der Waals surface area contributed by atoms with Gasteiger partial charge in [-0.2, -0.15) is 0 Å². The minimum absolute atomic E-state index is 0.256. The van der Waals surface area contributed by atoms with Crippen molar-refractivity contribution in [2.75, 3.05) is 39.4 Å². The first-order valence-electron chi connectivity index (χ1n) is 6.54. The number of phenols is 1. The molecule has 0 saturated carbocycles. The van der Waals surface area contributed by atoms with Gasteiger partial charge in [0.25, 0.3) is 0 Å².